The highest BCUT2D eigenvalue weighted by molar-refractivity contribution is 5.33. The molecule has 1 aliphatic rings. The van der Waals surface area contributed by atoms with Crippen molar-refractivity contribution in [1.82, 2.24) is 5.32 Å². The third-order valence-corrected chi connectivity index (χ3v) is 4.18. The van der Waals surface area contributed by atoms with Crippen LogP contribution in [0, 0.1) is 11.8 Å². The Balaban J connectivity index is 2.01. The minimum atomic E-state index is 0.397. The molecule has 1 aliphatic carbocycles. The highest BCUT2D eigenvalue weighted by Crippen LogP contribution is 2.32. The molecule has 1 aromatic rings. The number of benzene rings is 1. The Kier molecular flexibility index (Phi) is 4.65. The maximum atomic E-state index is 6.22. The molecule has 0 radical (unpaired) electrons. The van der Waals surface area contributed by atoms with Crippen molar-refractivity contribution in [2.45, 2.75) is 45.8 Å². The van der Waals surface area contributed by atoms with Crippen LogP contribution in [0.1, 0.15) is 38.7 Å². The summed E-state index contributed by atoms with van der Waals surface area (Å²) in [6, 6.07) is 8.37. The summed E-state index contributed by atoms with van der Waals surface area (Å²) in [5.74, 6) is 2.68. The van der Waals surface area contributed by atoms with Gasteiger partial charge >= 0.3 is 0 Å². The minimum absolute atomic E-state index is 0.397. The normalized spacial score (nSPS) is 28.1. The van der Waals surface area contributed by atoms with Gasteiger partial charge in [-0.3, -0.25) is 0 Å². The zero-order chi connectivity index (χ0) is 13.0. The molecule has 1 aromatic carbocycles. The molecule has 0 aromatic heterocycles. The maximum absolute atomic E-state index is 6.22. The van der Waals surface area contributed by atoms with Gasteiger partial charge < -0.3 is 10.1 Å². The molecule has 18 heavy (non-hydrogen) atoms. The molecule has 1 saturated carbocycles. The molecule has 2 rings (SSSR count). The van der Waals surface area contributed by atoms with Gasteiger partial charge in [-0.25, -0.2) is 0 Å². The molecule has 0 bridgehead atoms. The van der Waals surface area contributed by atoms with Crippen molar-refractivity contribution in [2.75, 3.05) is 7.05 Å². The lowest BCUT2D eigenvalue weighted by Crippen LogP contribution is -2.29. The van der Waals surface area contributed by atoms with Crippen LogP contribution in [0.5, 0.6) is 5.75 Å². The molecule has 0 aliphatic heterocycles. The molecule has 3 unspecified atom stereocenters. The van der Waals surface area contributed by atoms with E-state index in [1.165, 1.54) is 24.8 Å². The van der Waals surface area contributed by atoms with Crippen LogP contribution >= 0.6 is 0 Å². The van der Waals surface area contributed by atoms with Crippen molar-refractivity contribution < 1.29 is 4.74 Å². The fourth-order valence-electron chi connectivity index (χ4n) is 2.74. The first-order valence-electron chi connectivity index (χ1n) is 7.10. The Morgan fingerprint density at radius 2 is 1.94 bits per heavy atom. The van der Waals surface area contributed by atoms with Crippen LogP contribution in [0.25, 0.3) is 0 Å². The van der Waals surface area contributed by atoms with Gasteiger partial charge in [-0.05, 0) is 44.2 Å². The first-order chi connectivity index (χ1) is 8.70. The van der Waals surface area contributed by atoms with Crippen LogP contribution in [-0.2, 0) is 6.54 Å². The predicted octanol–water partition coefficient (Wildman–Crippen LogP) is 3.61. The van der Waals surface area contributed by atoms with E-state index < -0.39 is 0 Å². The Morgan fingerprint density at radius 3 is 2.67 bits per heavy atom. The van der Waals surface area contributed by atoms with Gasteiger partial charge in [-0.2, -0.15) is 0 Å². The van der Waals surface area contributed by atoms with Crippen molar-refractivity contribution >= 4 is 0 Å². The van der Waals surface area contributed by atoms with Gasteiger partial charge in [-0.15, -0.1) is 0 Å². The van der Waals surface area contributed by atoms with E-state index in [2.05, 4.69) is 43.4 Å². The molecule has 1 fully saturated rings. The summed E-state index contributed by atoms with van der Waals surface area (Å²) in [4.78, 5) is 0. The first kappa shape index (κ1) is 13.4. The van der Waals surface area contributed by atoms with Gasteiger partial charge in [0.2, 0.25) is 0 Å². The molecular weight excluding hydrogens is 222 g/mol. The lowest BCUT2D eigenvalue weighted by Gasteiger charge is -2.32. The number of rotatable bonds is 4. The lowest BCUT2D eigenvalue weighted by molar-refractivity contribution is 0.0996. The summed E-state index contributed by atoms with van der Waals surface area (Å²) in [6.07, 6.45) is 4.07. The van der Waals surface area contributed by atoms with E-state index >= 15 is 0 Å². The molecule has 2 nitrogen and oxygen atoms in total. The second-order valence-corrected chi connectivity index (χ2v) is 5.65. The van der Waals surface area contributed by atoms with Crippen molar-refractivity contribution in [2.24, 2.45) is 11.8 Å². The average molecular weight is 247 g/mol. The van der Waals surface area contributed by atoms with E-state index in [4.69, 9.17) is 4.74 Å². The standard InChI is InChI=1S/C16H25NO/c1-12-8-9-15(10-13(12)2)18-16-7-5-4-6-14(16)11-17-3/h4-7,12-13,15,17H,8-11H2,1-3H3. The summed E-state index contributed by atoms with van der Waals surface area (Å²) >= 11 is 0. The van der Waals surface area contributed by atoms with Gasteiger partial charge in [0.25, 0.3) is 0 Å². The lowest BCUT2D eigenvalue weighted by atomic mass is 9.80. The van der Waals surface area contributed by atoms with Gasteiger partial charge in [0, 0.05) is 12.1 Å². The molecular formula is C16H25NO. The molecule has 3 atom stereocenters. The molecule has 0 spiro atoms. The number of hydrogen-bond acceptors (Lipinski definition) is 2. The molecule has 0 amide bonds. The number of para-hydroxylation sites is 1. The third-order valence-electron chi connectivity index (χ3n) is 4.18. The first-order valence-corrected chi connectivity index (χ1v) is 7.10. The summed E-state index contributed by atoms with van der Waals surface area (Å²) in [6.45, 7) is 5.57. The smallest absolute Gasteiger partial charge is 0.124 e. The van der Waals surface area contributed by atoms with E-state index in [9.17, 15) is 0 Å². The molecule has 100 valence electrons. The zero-order valence-corrected chi connectivity index (χ0v) is 11.8. The fraction of sp³-hybridized carbons (Fsp3) is 0.625. The van der Waals surface area contributed by atoms with Gasteiger partial charge in [0.15, 0.2) is 0 Å². The average Bonchev–Trinajstić information content (AvgIpc) is 2.37. The Morgan fingerprint density at radius 1 is 1.17 bits per heavy atom. The molecule has 1 N–H and O–H groups in total. The van der Waals surface area contributed by atoms with Gasteiger partial charge in [-0.1, -0.05) is 32.0 Å². The SMILES string of the molecule is CNCc1ccccc1OC1CCC(C)C(C)C1. The van der Waals surface area contributed by atoms with Crippen molar-refractivity contribution in [1.29, 1.82) is 0 Å². The second kappa shape index (κ2) is 6.24. The topological polar surface area (TPSA) is 21.3 Å². The van der Waals surface area contributed by atoms with Crippen LogP contribution in [0.2, 0.25) is 0 Å². The fourth-order valence-corrected chi connectivity index (χ4v) is 2.74. The quantitative estimate of drug-likeness (QED) is 0.877. The predicted molar refractivity (Wildman–Crippen MR) is 75.8 cm³/mol. The van der Waals surface area contributed by atoms with Crippen LogP contribution in [0.15, 0.2) is 24.3 Å². The van der Waals surface area contributed by atoms with Crippen molar-refractivity contribution in [3.05, 3.63) is 29.8 Å². The van der Waals surface area contributed by atoms with Crippen molar-refractivity contribution in [3.63, 3.8) is 0 Å². The van der Waals surface area contributed by atoms with Crippen LogP contribution in [0.3, 0.4) is 0 Å². The zero-order valence-electron chi connectivity index (χ0n) is 11.8. The van der Waals surface area contributed by atoms with E-state index in [0.717, 1.165) is 24.1 Å². The van der Waals surface area contributed by atoms with Gasteiger partial charge in [0.1, 0.15) is 5.75 Å². The largest absolute Gasteiger partial charge is 0.490 e. The Hall–Kier alpha value is -1.02. The minimum Gasteiger partial charge on any atom is -0.490 e. The molecule has 0 saturated heterocycles. The summed E-state index contributed by atoms with van der Waals surface area (Å²) in [7, 11) is 1.97. The highest BCUT2D eigenvalue weighted by atomic mass is 16.5. The number of nitrogens with one attached hydrogen (secondary N) is 1. The molecule has 2 heteroatoms. The summed E-state index contributed by atoms with van der Waals surface area (Å²) < 4.78 is 6.22. The van der Waals surface area contributed by atoms with Crippen LogP contribution in [0.4, 0.5) is 0 Å². The maximum Gasteiger partial charge on any atom is 0.124 e. The monoisotopic (exact) mass is 247 g/mol. The second-order valence-electron chi connectivity index (χ2n) is 5.65. The van der Waals surface area contributed by atoms with Crippen molar-refractivity contribution in [3.8, 4) is 5.75 Å². The van der Waals surface area contributed by atoms with Gasteiger partial charge in [0.05, 0.1) is 6.10 Å². The van der Waals surface area contributed by atoms with E-state index in [0.29, 0.717) is 6.10 Å². The van der Waals surface area contributed by atoms with E-state index in [-0.39, 0.29) is 0 Å². The van der Waals surface area contributed by atoms with E-state index in [1.807, 2.05) is 7.05 Å². The number of hydrogen-bond donors (Lipinski definition) is 1. The Bertz CT molecular complexity index is 377. The van der Waals surface area contributed by atoms with E-state index in [1.54, 1.807) is 0 Å². The Labute approximate surface area is 111 Å². The molecule has 0 heterocycles. The third kappa shape index (κ3) is 3.26. The highest BCUT2D eigenvalue weighted by Gasteiger charge is 2.26. The summed E-state index contributed by atoms with van der Waals surface area (Å²) in [5, 5.41) is 3.20. The summed E-state index contributed by atoms with van der Waals surface area (Å²) in [5.41, 5.74) is 1.26. The number of ether oxygens (including phenoxy) is 1. The van der Waals surface area contributed by atoms with Crippen LogP contribution < -0.4 is 10.1 Å². The van der Waals surface area contributed by atoms with Crippen LogP contribution in [-0.4, -0.2) is 13.2 Å².